The van der Waals surface area contributed by atoms with Crippen molar-refractivity contribution >= 4 is 12.0 Å². The van der Waals surface area contributed by atoms with E-state index >= 15 is 0 Å². The maximum absolute atomic E-state index is 12.2. The highest BCUT2D eigenvalue weighted by Crippen LogP contribution is 2.29. The van der Waals surface area contributed by atoms with Gasteiger partial charge in [0.2, 0.25) is 0 Å². The highest BCUT2D eigenvalue weighted by Gasteiger charge is 2.46. The number of likely N-dealkylation sites (N-methyl/N-ethyl adjacent to an activating group) is 2. The van der Waals surface area contributed by atoms with E-state index in [9.17, 15) is 14.7 Å². The number of likely N-dealkylation sites (tertiary alicyclic amines) is 1. The molecule has 1 heterocycles. The Kier molecular flexibility index (Phi) is 4.56. The molecule has 18 heavy (non-hydrogen) atoms. The van der Waals surface area contributed by atoms with Crippen LogP contribution in [0.1, 0.15) is 19.8 Å². The van der Waals surface area contributed by atoms with Crippen LogP contribution in [0.3, 0.4) is 0 Å². The van der Waals surface area contributed by atoms with Gasteiger partial charge in [-0.05, 0) is 33.9 Å². The van der Waals surface area contributed by atoms with Crippen molar-refractivity contribution in [2.24, 2.45) is 0 Å². The number of amides is 2. The average Bonchev–Trinajstić information content (AvgIpc) is 2.68. The third-order valence-electron chi connectivity index (χ3n) is 3.54. The van der Waals surface area contributed by atoms with Crippen LogP contribution in [0.4, 0.5) is 4.79 Å². The van der Waals surface area contributed by atoms with Gasteiger partial charge in [0.15, 0.2) is 0 Å². The quantitative estimate of drug-likeness (QED) is 0.798. The van der Waals surface area contributed by atoms with Gasteiger partial charge in [0.1, 0.15) is 5.54 Å². The van der Waals surface area contributed by atoms with Gasteiger partial charge in [-0.2, -0.15) is 0 Å². The summed E-state index contributed by atoms with van der Waals surface area (Å²) in [7, 11) is 5.59. The first-order valence-electron chi connectivity index (χ1n) is 6.20. The van der Waals surface area contributed by atoms with Gasteiger partial charge in [0, 0.05) is 26.7 Å². The topological polar surface area (TPSA) is 64.1 Å². The maximum Gasteiger partial charge on any atom is 0.329 e. The largest absolute Gasteiger partial charge is 0.480 e. The van der Waals surface area contributed by atoms with Crippen LogP contribution in [0.5, 0.6) is 0 Å². The Hall–Kier alpha value is -1.30. The molecule has 0 aromatic heterocycles. The Bertz CT molecular complexity index is 333. The lowest BCUT2D eigenvalue weighted by Crippen LogP contribution is -2.55. The Balaban J connectivity index is 2.68. The van der Waals surface area contributed by atoms with E-state index in [1.807, 2.05) is 19.0 Å². The van der Waals surface area contributed by atoms with E-state index in [2.05, 4.69) is 0 Å². The third-order valence-corrected chi connectivity index (χ3v) is 3.54. The Labute approximate surface area is 108 Å². The van der Waals surface area contributed by atoms with Gasteiger partial charge in [-0.3, -0.25) is 0 Å². The summed E-state index contributed by atoms with van der Waals surface area (Å²) in [5, 5.41) is 9.27. The van der Waals surface area contributed by atoms with E-state index in [0.717, 1.165) is 13.0 Å². The van der Waals surface area contributed by atoms with Crippen LogP contribution in [-0.4, -0.2) is 78.1 Å². The summed E-state index contributed by atoms with van der Waals surface area (Å²) in [5.41, 5.74) is -1.05. The number of carboxylic acids is 1. The van der Waals surface area contributed by atoms with Gasteiger partial charge in [-0.15, -0.1) is 0 Å². The Morgan fingerprint density at radius 2 is 1.89 bits per heavy atom. The van der Waals surface area contributed by atoms with Crippen molar-refractivity contribution in [2.45, 2.75) is 25.3 Å². The van der Waals surface area contributed by atoms with Crippen molar-refractivity contribution in [1.29, 1.82) is 0 Å². The fourth-order valence-corrected chi connectivity index (χ4v) is 2.14. The molecule has 1 unspecified atom stereocenters. The summed E-state index contributed by atoms with van der Waals surface area (Å²) >= 11 is 0. The molecule has 2 amide bonds. The molecule has 1 saturated heterocycles. The van der Waals surface area contributed by atoms with Gasteiger partial charge < -0.3 is 19.8 Å². The van der Waals surface area contributed by atoms with Crippen molar-refractivity contribution < 1.29 is 14.7 Å². The molecule has 0 aromatic rings. The predicted octanol–water partition coefficient (Wildman–Crippen LogP) is 0.539. The summed E-state index contributed by atoms with van der Waals surface area (Å²) in [4.78, 5) is 28.6. The van der Waals surface area contributed by atoms with Crippen LogP contribution in [0.25, 0.3) is 0 Å². The number of carbonyl (C=O) groups is 2. The molecule has 0 aliphatic carbocycles. The Morgan fingerprint density at radius 3 is 2.39 bits per heavy atom. The minimum Gasteiger partial charge on any atom is -0.480 e. The van der Waals surface area contributed by atoms with Crippen molar-refractivity contribution in [3.05, 3.63) is 0 Å². The van der Waals surface area contributed by atoms with Gasteiger partial charge in [0.05, 0.1) is 0 Å². The van der Waals surface area contributed by atoms with Gasteiger partial charge in [0.25, 0.3) is 0 Å². The van der Waals surface area contributed by atoms with Crippen molar-refractivity contribution in [3.63, 3.8) is 0 Å². The van der Waals surface area contributed by atoms with Crippen LogP contribution in [0, 0.1) is 0 Å². The number of urea groups is 1. The fourth-order valence-electron chi connectivity index (χ4n) is 2.14. The van der Waals surface area contributed by atoms with Gasteiger partial charge >= 0.3 is 12.0 Å². The summed E-state index contributed by atoms with van der Waals surface area (Å²) in [6, 6.07) is -0.195. The summed E-state index contributed by atoms with van der Waals surface area (Å²) < 4.78 is 0. The lowest BCUT2D eigenvalue weighted by Gasteiger charge is -2.34. The molecular weight excluding hydrogens is 234 g/mol. The minimum atomic E-state index is -1.05. The standard InChI is InChI=1S/C12H23N3O3/c1-12(10(16)17)6-5-7-15(12)11(18)14(4)9-8-13(2)3/h5-9H2,1-4H3,(H,16,17). The molecule has 6 nitrogen and oxygen atoms in total. The molecule has 0 radical (unpaired) electrons. The van der Waals surface area contributed by atoms with Crippen molar-refractivity contribution in [2.75, 3.05) is 40.8 Å². The van der Waals surface area contributed by atoms with E-state index in [1.54, 1.807) is 18.9 Å². The molecule has 0 aromatic carbocycles. The zero-order valence-electron chi connectivity index (χ0n) is 11.6. The molecule has 0 saturated carbocycles. The van der Waals surface area contributed by atoms with Crippen molar-refractivity contribution in [1.82, 2.24) is 14.7 Å². The summed E-state index contributed by atoms with van der Waals surface area (Å²) in [6.45, 7) is 3.51. The van der Waals surface area contributed by atoms with Crippen LogP contribution >= 0.6 is 0 Å². The number of carboxylic acid groups (broad SMARTS) is 1. The first-order valence-corrected chi connectivity index (χ1v) is 6.20. The maximum atomic E-state index is 12.2. The second kappa shape index (κ2) is 5.56. The highest BCUT2D eigenvalue weighted by atomic mass is 16.4. The SMILES string of the molecule is CN(C)CCN(C)C(=O)N1CCCC1(C)C(=O)O. The van der Waals surface area contributed by atoms with Crippen LogP contribution in [0.2, 0.25) is 0 Å². The van der Waals surface area contributed by atoms with E-state index in [4.69, 9.17) is 0 Å². The number of carbonyl (C=O) groups excluding carboxylic acids is 1. The number of nitrogens with zero attached hydrogens (tertiary/aromatic N) is 3. The molecule has 1 fully saturated rings. The molecule has 1 atom stereocenters. The predicted molar refractivity (Wildman–Crippen MR) is 68.6 cm³/mol. The summed E-state index contributed by atoms with van der Waals surface area (Å²) in [5.74, 6) is -0.922. The smallest absolute Gasteiger partial charge is 0.329 e. The van der Waals surface area contributed by atoms with Gasteiger partial charge in [-0.1, -0.05) is 0 Å². The van der Waals surface area contributed by atoms with Crippen LogP contribution in [0.15, 0.2) is 0 Å². The molecule has 0 spiro atoms. The molecule has 1 rings (SSSR count). The molecule has 1 N–H and O–H groups in total. The summed E-state index contributed by atoms with van der Waals surface area (Å²) in [6.07, 6.45) is 1.27. The van der Waals surface area contributed by atoms with Crippen LogP contribution in [-0.2, 0) is 4.79 Å². The molecule has 104 valence electrons. The number of hydrogen-bond donors (Lipinski definition) is 1. The number of hydrogen-bond acceptors (Lipinski definition) is 3. The molecule has 0 bridgehead atoms. The molecule has 6 heteroatoms. The third kappa shape index (κ3) is 2.93. The van der Waals surface area contributed by atoms with E-state index in [-0.39, 0.29) is 6.03 Å². The van der Waals surface area contributed by atoms with Crippen LogP contribution < -0.4 is 0 Å². The van der Waals surface area contributed by atoms with E-state index < -0.39 is 11.5 Å². The number of rotatable bonds is 4. The average molecular weight is 257 g/mol. The van der Waals surface area contributed by atoms with E-state index in [1.165, 1.54) is 4.90 Å². The highest BCUT2D eigenvalue weighted by molar-refractivity contribution is 5.86. The number of aliphatic carboxylic acids is 1. The molecule has 1 aliphatic rings. The fraction of sp³-hybridized carbons (Fsp3) is 0.833. The Morgan fingerprint density at radius 1 is 1.28 bits per heavy atom. The normalized spacial score (nSPS) is 23.5. The monoisotopic (exact) mass is 257 g/mol. The first kappa shape index (κ1) is 14.8. The minimum absolute atomic E-state index is 0.195. The molecule has 1 aliphatic heterocycles. The zero-order chi connectivity index (χ0) is 13.9. The van der Waals surface area contributed by atoms with Gasteiger partial charge in [-0.25, -0.2) is 9.59 Å². The lowest BCUT2D eigenvalue weighted by atomic mass is 10.00. The first-order chi connectivity index (χ1) is 8.29. The van der Waals surface area contributed by atoms with E-state index in [0.29, 0.717) is 19.5 Å². The molecular formula is C12H23N3O3. The second-order valence-electron chi connectivity index (χ2n) is 5.34. The zero-order valence-corrected chi connectivity index (χ0v) is 11.6. The van der Waals surface area contributed by atoms with Crippen molar-refractivity contribution in [3.8, 4) is 0 Å². The second-order valence-corrected chi connectivity index (χ2v) is 5.34. The lowest BCUT2D eigenvalue weighted by molar-refractivity contribution is -0.147.